The van der Waals surface area contributed by atoms with Crippen molar-refractivity contribution in [3.8, 4) is 0 Å². The van der Waals surface area contributed by atoms with Crippen molar-refractivity contribution in [2.75, 3.05) is 0 Å². The van der Waals surface area contributed by atoms with Crippen LogP contribution in [0.2, 0.25) is 5.02 Å². The number of carbonyl (C=O) groups excluding carboxylic acids is 1. The van der Waals surface area contributed by atoms with E-state index in [1.165, 1.54) is 24.3 Å². The van der Waals surface area contributed by atoms with Crippen molar-refractivity contribution in [2.24, 2.45) is 0 Å². The van der Waals surface area contributed by atoms with E-state index < -0.39 is 5.82 Å². The number of nitrogens with one attached hydrogen (secondary N) is 1. The Morgan fingerprint density at radius 1 is 1.26 bits per heavy atom. The zero-order valence-electron chi connectivity index (χ0n) is 11.9. The van der Waals surface area contributed by atoms with Gasteiger partial charge in [-0.2, -0.15) is 0 Å². The molecule has 0 fully saturated rings. The number of halogens is 2. The highest BCUT2D eigenvalue weighted by Gasteiger charge is 2.06. The summed E-state index contributed by atoms with van der Waals surface area (Å²) in [5.41, 5.74) is 0.877. The van der Waals surface area contributed by atoms with Crippen molar-refractivity contribution >= 4 is 29.2 Å². The van der Waals surface area contributed by atoms with E-state index in [4.69, 9.17) is 11.6 Å². The van der Waals surface area contributed by atoms with Gasteiger partial charge in [-0.05, 0) is 30.3 Å². The van der Waals surface area contributed by atoms with Crippen molar-refractivity contribution in [3.63, 3.8) is 0 Å². The number of nitrogens with zero attached hydrogens (tertiary/aromatic N) is 3. The lowest BCUT2D eigenvalue weighted by molar-refractivity contribution is -0.116. The van der Waals surface area contributed by atoms with E-state index >= 15 is 0 Å². The lowest BCUT2D eigenvalue weighted by atomic mass is 10.2. The molecule has 0 aliphatic carbocycles. The molecule has 1 aromatic carbocycles. The van der Waals surface area contributed by atoms with Crippen LogP contribution in [0.4, 0.5) is 4.39 Å². The summed E-state index contributed by atoms with van der Waals surface area (Å²) in [4.78, 5) is 11.8. The maximum absolute atomic E-state index is 13.6. The Balaban J connectivity index is 1.67. The Labute approximate surface area is 136 Å². The van der Waals surface area contributed by atoms with Gasteiger partial charge in [-0.1, -0.05) is 23.7 Å². The SMILES string of the molecule is O=C(/C=C/c1c(F)cccc1Cl)NCc1nnc2ccccn12. The van der Waals surface area contributed by atoms with E-state index in [-0.39, 0.29) is 23.0 Å². The quantitative estimate of drug-likeness (QED) is 0.748. The van der Waals surface area contributed by atoms with Crippen LogP contribution < -0.4 is 5.32 Å². The van der Waals surface area contributed by atoms with Crippen LogP contribution in [0.15, 0.2) is 48.7 Å². The first-order valence-corrected chi connectivity index (χ1v) is 7.21. The predicted molar refractivity (Wildman–Crippen MR) is 85.3 cm³/mol. The molecular formula is C16H12ClFN4O. The first kappa shape index (κ1) is 15.2. The summed E-state index contributed by atoms with van der Waals surface area (Å²) >= 11 is 5.89. The van der Waals surface area contributed by atoms with Crippen LogP contribution in [0, 0.1) is 5.82 Å². The third-order valence-electron chi connectivity index (χ3n) is 3.21. The first-order chi connectivity index (χ1) is 11.1. The van der Waals surface area contributed by atoms with Gasteiger partial charge in [-0.25, -0.2) is 4.39 Å². The molecule has 0 saturated carbocycles. The van der Waals surface area contributed by atoms with Crippen LogP contribution in [0.5, 0.6) is 0 Å². The molecule has 0 radical (unpaired) electrons. The lowest BCUT2D eigenvalue weighted by Gasteiger charge is -2.02. The van der Waals surface area contributed by atoms with Gasteiger partial charge in [0.2, 0.25) is 5.91 Å². The Morgan fingerprint density at radius 3 is 2.96 bits per heavy atom. The molecule has 0 saturated heterocycles. The molecule has 2 heterocycles. The van der Waals surface area contributed by atoms with Crippen molar-refractivity contribution in [2.45, 2.75) is 6.54 Å². The molecule has 0 atom stereocenters. The second-order valence-corrected chi connectivity index (χ2v) is 5.14. The summed E-state index contributed by atoms with van der Waals surface area (Å²) in [6.07, 6.45) is 4.38. The number of hydrogen-bond acceptors (Lipinski definition) is 3. The maximum atomic E-state index is 13.6. The van der Waals surface area contributed by atoms with Crippen LogP contribution in [-0.2, 0) is 11.3 Å². The number of aromatic nitrogens is 3. The van der Waals surface area contributed by atoms with E-state index in [0.717, 1.165) is 0 Å². The molecule has 0 bridgehead atoms. The van der Waals surface area contributed by atoms with E-state index in [2.05, 4.69) is 15.5 Å². The summed E-state index contributed by atoms with van der Waals surface area (Å²) in [7, 11) is 0. The van der Waals surface area contributed by atoms with Gasteiger partial charge in [0.15, 0.2) is 11.5 Å². The molecule has 1 amide bonds. The van der Waals surface area contributed by atoms with Gasteiger partial charge in [-0.15, -0.1) is 10.2 Å². The molecule has 3 aromatic rings. The van der Waals surface area contributed by atoms with Gasteiger partial charge in [0, 0.05) is 17.8 Å². The third kappa shape index (κ3) is 3.37. The number of pyridine rings is 1. The Kier molecular flexibility index (Phi) is 4.34. The summed E-state index contributed by atoms with van der Waals surface area (Å²) in [5, 5.41) is 10.9. The van der Waals surface area contributed by atoms with Gasteiger partial charge < -0.3 is 5.32 Å². The average molecular weight is 331 g/mol. The zero-order valence-corrected chi connectivity index (χ0v) is 12.7. The van der Waals surface area contributed by atoms with E-state index in [1.807, 2.05) is 24.4 Å². The molecule has 2 aromatic heterocycles. The highest BCUT2D eigenvalue weighted by molar-refractivity contribution is 6.32. The third-order valence-corrected chi connectivity index (χ3v) is 3.54. The van der Waals surface area contributed by atoms with Crippen LogP contribution in [0.3, 0.4) is 0 Å². The number of amides is 1. The molecule has 5 nitrogen and oxygen atoms in total. The summed E-state index contributed by atoms with van der Waals surface area (Å²) in [5.74, 6) is -0.256. The number of fused-ring (bicyclic) bond motifs is 1. The van der Waals surface area contributed by atoms with E-state index in [0.29, 0.717) is 11.5 Å². The Morgan fingerprint density at radius 2 is 2.13 bits per heavy atom. The van der Waals surface area contributed by atoms with Crippen molar-refractivity contribution < 1.29 is 9.18 Å². The van der Waals surface area contributed by atoms with Gasteiger partial charge in [0.25, 0.3) is 0 Å². The topological polar surface area (TPSA) is 59.3 Å². The highest BCUT2D eigenvalue weighted by atomic mass is 35.5. The highest BCUT2D eigenvalue weighted by Crippen LogP contribution is 2.20. The van der Waals surface area contributed by atoms with Crippen LogP contribution in [0.1, 0.15) is 11.4 Å². The summed E-state index contributed by atoms with van der Waals surface area (Å²) in [6, 6.07) is 9.87. The van der Waals surface area contributed by atoms with Gasteiger partial charge >= 0.3 is 0 Å². The minimum Gasteiger partial charge on any atom is -0.345 e. The fourth-order valence-corrected chi connectivity index (χ4v) is 2.29. The minimum atomic E-state index is -0.481. The summed E-state index contributed by atoms with van der Waals surface area (Å²) in [6.45, 7) is 0.208. The van der Waals surface area contributed by atoms with Crippen LogP contribution >= 0.6 is 11.6 Å². The summed E-state index contributed by atoms with van der Waals surface area (Å²) < 4.78 is 15.4. The standard InChI is InChI=1S/C16H12ClFN4O/c17-12-4-3-5-13(18)11(12)7-8-16(23)19-10-15-21-20-14-6-1-2-9-22(14)15/h1-9H,10H2,(H,19,23)/b8-7+. The molecule has 0 aliphatic heterocycles. The van der Waals surface area contributed by atoms with Crippen molar-refractivity contribution in [3.05, 3.63) is 70.9 Å². The second kappa shape index (κ2) is 6.58. The van der Waals surface area contributed by atoms with Gasteiger partial charge in [-0.3, -0.25) is 9.20 Å². The van der Waals surface area contributed by atoms with Gasteiger partial charge in [0.1, 0.15) is 5.82 Å². The molecule has 23 heavy (non-hydrogen) atoms. The van der Waals surface area contributed by atoms with Crippen LogP contribution in [-0.4, -0.2) is 20.5 Å². The fraction of sp³-hybridized carbons (Fsp3) is 0.0625. The molecule has 1 N–H and O–H groups in total. The van der Waals surface area contributed by atoms with E-state index in [1.54, 1.807) is 10.5 Å². The molecule has 3 rings (SSSR count). The molecule has 0 spiro atoms. The zero-order chi connectivity index (χ0) is 16.2. The number of hydrogen-bond donors (Lipinski definition) is 1. The maximum Gasteiger partial charge on any atom is 0.244 e. The minimum absolute atomic E-state index is 0.178. The molecule has 116 valence electrons. The number of carbonyl (C=O) groups is 1. The first-order valence-electron chi connectivity index (χ1n) is 6.84. The molecular weight excluding hydrogens is 319 g/mol. The average Bonchev–Trinajstić information content (AvgIpc) is 2.96. The largest absolute Gasteiger partial charge is 0.345 e. The van der Waals surface area contributed by atoms with Crippen LogP contribution in [0.25, 0.3) is 11.7 Å². The number of rotatable bonds is 4. The lowest BCUT2D eigenvalue weighted by Crippen LogP contribution is -2.21. The monoisotopic (exact) mass is 330 g/mol. The fourth-order valence-electron chi connectivity index (χ4n) is 2.07. The normalized spacial score (nSPS) is 11.2. The van der Waals surface area contributed by atoms with Gasteiger partial charge in [0.05, 0.1) is 11.6 Å². The molecule has 0 unspecified atom stereocenters. The molecule has 0 aliphatic rings. The van der Waals surface area contributed by atoms with E-state index in [9.17, 15) is 9.18 Å². The number of benzene rings is 1. The smallest absolute Gasteiger partial charge is 0.244 e. The van der Waals surface area contributed by atoms with Crippen molar-refractivity contribution in [1.82, 2.24) is 19.9 Å². The molecule has 7 heteroatoms. The Bertz CT molecular complexity index is 870. The Hall–Kier alpha value is -2.73. The van der Waals surface area contributed by atoms with Crippen molar-refractivity contribution in [1.29, 1.82) is 0 Å². The predicted octanol–water partition coefficient (Wildman–Crippen LogP) is 2.85. The second-order valence-electron chi connectivity index (χ2n) is 4.73.